The lowest BCUT2D eigenvalue weighted by Crippen LogP contribution is -2.33. The molecule has 0 saturated carbocycles. The Hall–Kier alpha value is -1.96. The molecule has 3 unspecified atom stereocenters. The summed E-state index contributed by atoms with van der Waals surface area (Å²) in [7, 11) is 0. The van der Waals surface area contributed by atoms with Gasteiger partial charge in [0.05, 0.1) is 19.8 Å². The molecule has 6 nitrogen and oxygen atoms in total. The van der Waals surface area contributed by atoms with Crippen LogP contribution < -0.4 is 4.74 Å². The van der Waals surface area contributed by atoms with Crippen LogP contribution in [0.4, 0.5) is 0 Å². The summed E-state index contributed by atoms with van der Waals surface area (Å²) >= 11 is 0. The molecule has 0 saturated heterocycles. The third-order valence-electron chi connectivity index (χ3n) is 4.53. The Bertz CT molecular complexity index is 666. The minimum absolute atomic E-state index is 0.134. The molecule has 0 bridgehead atoms. The van der Waals surface area contributed by atoms with Gasteiger partial charge >= 0.3 is 0 Å². The summed E-state index contributed by atoms with van der Waals surface area (Å²) in [5, 5.41) is 10.1. The van der Waals surface area contributed by atoms with Crippen molar-refractivity contribution in [3.8, 4) is 5.75 Å². The van der Waals surface area contributed by atoms with Crippen LogP contribution in [-0.2, 0) is 25.4 Å². The van der Waals surface area contributed by atoms with Gasteiger partial charge < -0.3 is 28.8 Å². The highest BCUT2D eigenvalue weighted by atomic mass is 16.7. The van der Waals surface area contributed by atoms with Gasteiger partial charge in [-0.1, -0.05) is 48.5 Å². The van der Waals surface area contributed by atoms with Crippen LogP contribution in [0.3, 0.4) is 0 Å². The van der Waals surface area contributed by atoms with Crippen LogP contribution in [0.1, 0.15) is 25.8 Å². The maximum Gasteiger partial charge on any atom is 0.154 e. The Morgan fingerprint density at radius 1 is 0.806 bits per heavy atom. The molecule has 3 atom stereocenters. The SMILES string of the molecule is CCOC(C)OCC(O)COC(COCCCc1ccccc1)COc1ccccc1. The topological polar surface area (TPSA) is 66.4 Å². The van der Waals surface area contributed by atoms with Gasteiger partial charge in [-0.3, -0.25) is 0 Å². The molecule has 2 rings (SSSR count). The molecule has 0 aliphatic heterocycles. The number of aliphatic hydroxyl groups excluding tert-OH is 1. The molecule has 0 fully saturated rings. The zero-order chi connectivity index (χ0) is 22.2. The zero-order valence-corrected chi connectivity index (χ0v) is 18.7. The number of rotatable bonds is 17. The van der Waals surface area contributed by atoms with E-state index in [-0.39, 0.29) is 25.6 Å². The van der Waals surface area contributed by atoms with Crippen molar-refractivity contribution in [3.05, 3.63) is 66.2 Å². The Labute approximate surface area is 186 Å². The predicted octanol–water partition coefficient (Wildman–Crippen LogP) is 3.86. The van der Waals surface area contributed by atoms with Crippen molar-refractivity contribution in [1.29, 1.82) is 0 Å². The van der Waals surface area contributed by atoms with Crippen molar-refractivity contribution in [2.45, 2.75) is 45.2 Å². The smallest absolute Gasteiger partial charge is 0.154 e. The summed E-state index contributed by atoms with van der Waals surface area (Å²) in [5.41, 5.74) is 1.30. The first-order valence-electron chi connectivity index (χ1n) is 11.0. The molecular formula is C25H36O6. The molecule has 2 aromatic rings. The third-order valence-corrected chi connectivity index (χ3v) is 4.53. The molecule has 6 heteroatoms. The van der Waals surface area contributed by atoms with Gasteiger partial charge in [-0.15, -0.1) is 0 Å². The quantitative estimate of drug-likeness (QED) is 0.302. The Morgan fingerprint density at radius 2 is 1.48 bits per heavy atom. The van der Waals surface area contributed by atoms with Gasteiger partial charge in [-0.25, -0.2) is 0 Å². The lowest BCUT2D eigenvalue weighted by molar-refractivity contribution is -0.154. The highest BCUT2D eigenvalue weighted by molar-refractivity contribution is 5.20. The molecule has 1 N–H and O–H groups in total. The van der Waals surface area contributed by atoms with E-state index in [0.29, 0.717) is 26.4 Å². The summed E-state index contributed by atoms with van der Waals surface area (Å²) in [6.07, 6.45) is 0.504. The molecule has 0 aliphatic rings. The average Bonchev–Trinajstić information content (AvgIpc) is 2.80. The Kier molecular flexibility index (Phi) is 12.9. The van der Waals surface area contributed by atoms with Gasteiger partial charge in [0.25, 0.3) is 0 Å². The fourth-order valence-electron chi connectivity index (χ4n) is 2.91. The van der Waals surface area contributed by atoms with Crippen LogP contribution in [0, 0.1) is 0 Å². The molecule has 172 valence electrons. The van der Waals surface area contributed by atoms with E-state index in [1.807, 2.05) is 55.5 Å². The lowest BCUT2D eigenvalue weighted by atomic mass is 10.1. The Morgan fingerprint density at radius 3 is 2.19 bits per heavy atom. The van der Waals surface area contributed by atoms with Gasteiger partial charge in [0.15, 0.2) is 6.29 Å². The standard InChI is InChI=1S/C25H36O6/c1-3-28-21(2)29-17-23(26)18-30-25(20-31-24-14-8-5-9-15-24)19-27-16-10-13-22-11-6-4-7-12-22/h4-9,11-12,14-15,21,23,25-26H,3,10,13,16-20H2,1-2H3. The fraction of sp³-hybridized carbons (Fsp3) is 0.520. The largest absolute Gasteiger partial charge is 0.491 e. The summed E-state index contributed by atoms with van der Waals surface area (Å²) in [6.45, 7) is 5.91. The van der Waals surface area contributed by atoms with Crippen LogP contribution in [0.15, 0.2) is 60.7 Å². The van der Waals surface area contributed by atoms with Crippen LogP contribution in [0.2, 0.25) is 0 Å². The monoisotopic (exact) mass is 432 g/mol. The minimum atomic E-state index is -0.750. The van der Waals surface area contributed by atoms with Crippen LogP contribution in [0.25, 0.3) is 0 Å². The first-order chi connectivity index (χ1) is 15.2. The molecule has 0 aliphatic carbocycles. The summed E-state index contributed by atoms with van der Waals surface area (Å²) in [5.74, 6) is 0.773. The van der Waals surface area contributed by atoms with Gasteiger partial charge in [0.1, 0.15) is 24.6 Å². The van der Waals surface area contributed by atoms with Crippen LogP contribution in [-0.4, -0.2) is 63.2 Å². The van der Waals surface area contributed by atoms with E-state index in [9.17, 15) is 5.11 Å². The summed E-state index contributed by atoms with van der Waals surface area (Å²) in [4.78, 5) is 0. The number of para-hydroxylation sites is 1. The lowest BCUT2D eigenvalue weighted by Gasteiger charge is -2.21. The fourth-order valence-corrected chi connectivity index (χ4v) is 2.91. The maximum absolute atomic E-state index is 10.1. The molecular weight excluding hydrogens is 396 g/mol. The second-order valence-electron chi connectivity index (χ2n) is 7.25. The van der Waals surface area contributed by atoms with Crippen molar-refractivity contribution in [1.82, 2.24) is 0 Å². The van der Waals surface area contributed by atoms with Gasteiger partial charge in [0, 0.05) is 13.2 Å². The predicted molar refractivity (Wildman–Crippen MR) is 120 cm³/mol. The first-order valence-corrected chi connectivity index (χ1v) is 11.0. The molecule has 0 heterocycles. The number of hydrogen-bond donors (Lipinski definition) is 1. The number of benzene rings is 2. The van der Waals surface area contributed by atoms with Crippen molar-refractivity contribution in [3.63, 3.8) is 0 Å². The summed E-state index contributed by atoms with van der Waals surface area (Å²) in [6, 6.07) is 19.9. The molecule has 0 aromatic heterocycles. The van der Waals surface area contributed by atoms with Crippen LogP contribution in [0.5, 0.6) is 5.75 Å². The van der Waals surface area contributed by atoms with Gasteiger partial charge in [-0.2, -0.15) is 0 Å². The van der Waals surface area contributed by atoms with E-state index in [2.05, 4.69) is 12.1 Å². The number of ether oxygens (including phenoxy) is 5. The first kappa shape index (κ1) is 25.3. The maximum atomic E-state index is 10.1. The van der Waals surface area contributed by atoms with Crippen molar-refractivity contribution in [2.75, 3.05) is 39.6 Å². The summed E-state index contributed by atoms with van der Waals surface area (Å²) < 4.78 is 28.3. The van der Waals surface area contributed by atoms with E-state index in [0.717, 1.165) is 18.6 Å². The number of aryl methyl sites for hydroxylation is 1. The molecule has 0 radical (unpaired) electrons. The highest BCUT2D eigenvalue weighted by Crippen LogP contribution is 2.10. The Balaban J connectivity index is 1.71. The van der Waals surface area contributed by atoms with Crippen molar-refractivity contribution >= 4 is 0 Å². The second kappa shape index (κ2) is 15.8. The van der Waals surface area contributed by atoms with Crippen molar-refractivity contribution < 1.29 is 28.8 Å². The average molecular weight is 433 g/mol. The van der Waals surface area contributed by atoms with E-state index in [1.165, 1.54) is 5.56 Å². The second-order valence-corrected chi connectivity index (χ2v) is 7.25. The molecule has 31 heavy (non-hydrogen) atoms. The highest BCUT2D eigenvalue weighted by Gasteiger charge is 2.15. The molecule has 2 aromatic carbocycles. The van der Waals surface area contributed by atoms with Gasteiger partial charge in [-0.05, 0) is 44.4 Å². The van der Waals surface area contributed by atoms with Crippen molar-refractivity contribution in [2.24, 2.45) is 0 Å². The van der Waals surface area contributed by atoms with E-state index >= 15 is 0 Å². The number of aliphatic hydroxyl groups is 1. The molecule has 0 amide bonds. The van der Waals surface area contributed by atoms with E-state index in [1.54, 1.807) is 6.92 Å². The van der Waals surface area contributed by atoms with Gasteiger partial charge in [0.2, 0.25) is 0 Å². The normalized spacial score (nSPS) is 14.2. The zero-order valence-electron chi connectivity index (χ0n) is 18.7. The van der Waals surface area contributed by atoms with E-state index < -0.39 is 6.10 Å². The van der Waals surface area contributed by atoms with Crippen LogP contribution >= 0.6 is 0 Å². The number of hydrogen-bond acceptors (Lipinski definition) is 6. The molecule has 0 spiro atoms. The minimum Gasteiger partial charge on any atom is -0.491 e. The third kappa shape index (κ3) is 11.9. The van der Waals surface area contributed by atoms with E-state index in [4.69, 9.17) is 23.7 Å².